The molecule has 0 heterocycles. The zero-order valence-corrected chi connectivity index (χ0v) is 11.7. The first-order valence-electron chi connectivity index (χ1n) is 6.54. The van der Waals surface area contributed by atoms with Crippen LogP contribution in [0.5, 0.6) is 0 Å². The first-order chi connectivity index (χ1) is 9.08. The molecule has 0 saturated carbocycles. The van der Waals surface area contributed by atoms with Gasteiger partial charge in [-0.15, -0.1) is 0 Å². The fourth-order valence-corrected chi connectivity index (χ4v) is 1.57. The first kappa shape index (κ1) is 15.2. The van der Waals surface area contributed by atoms with Crippen molar-refractivity contribution < 1.29 is 19.1 Å². The second-order valence-electron chi connectivity index (χ2n) is 4.36. The molecule has 0 saturated heterocycles. The molecule has 0 aliphatic rings. The minimum absolute atomic E-state index is 0.377. The van der Waals surface area contributed by atoms with Crippen LogP contribution in [0.2, 0.25) is 0 Å². The molecule has 1 rings (SSSR count). The largest absolute Gasteiger partial charge is 0.462 e. The average Bonchev–Trinajstić information content (AvgIpc) is 2.41. The molecule has 0 amide bonds. The third-order valence-corrected chi connectivity index (χ3v) is 2.42. The average molecular weight is 264 g/mol. The monoisotopic (exact) mass is 264 g/mol. The molecule has 1 aromatic rings. The molecule has 0 bridgehead atoms. The van der Waals surface area contributed by atoms with Gasteiger partial charge in [-0.3, -0.25) is 0 Å². The van der Waals surface area contributed by atoms with Gasteiger partial charge in [-0.2, -0.15) is 0 Å². The fourth-order valence-electron chi connectivity index (χ4n) is 1.57. The highest BCUT2D eigenvalue weighted by molar-refractivity contribution is 5.95. The summed E-state index contributed by atoms with van der Waals surface area (Å²) >= 11 is 0. The van der Waals surface area contributed by atoms with Gasteiger partial charge in [-0.05, 0) is 43.5 Å². The van der Waals surface area contributed by atoms with Crippen LogP contribution in [0.3, 0.4) is 0 Å². The van der Waals surface area contributed by atoms with Gasteiger partial charge in [-0.1, -0.05) is 13.8 Å². The van der Waals surface area contributed by atoms with Gasteiger partial charge in [-0.25, -0.2) is 9.59 Å². The Morgan fingerprint density at radius 2 is 1.32 bits per heavy atom. The summed E-state index contributed by atoms with van der Waals surface area (Å²) in [7, 11) is 0. The lowest BCUT2D eigenvalue weighted by Crippen LogP contribution is -2.10. The van der Waals surface area contributed by atoms with E-state index in [1.54, 1.807) is 12.1 Å². The molecule has 0 aliphatic heterocycles. The number of hydrogen-bond acceptors (Lipinski definition) is 4. The molecule has 0 fully saturated rings. The smallest absolute Gasteiger partial charge is 0.338 e. The summed E-state index contributed by atoms with van der Waals surface area (Å²) in [5.74, 6) is -0.815. The highest BCUT2D eigenvalue weighted by Crippen LogP contribution is 2.12. The van der Waals surface area contributed by atoms with E-state index >= 15 is 0 Å². The van der Waals surface area contributed by atoms with Gasteiger partial charge in [0, 0.05) is 0 Å². The quantitative estimate of drug-likeness (QED) is 0.741. The normalized spacial score (nSPS) is 10.1. The summed E-state index contributed by atoms with van der Waals surface area (Å²) in [5, 5.41) is 0. The summed E-state index contributed by atoms with van der Waals surface area (Å²) in [4.78, 5) is 23.5. The van der Waals surface area contributed by atoms with E-state index in [0.717, 1.165) is 18.4 Å². The summed E-state index contributed by atoms with van der Waals surface area (Å²) in [6, 6.07) is 4.92. The molecule has 0 aromatic heterocycles. The fraction of sp³-hybridized carbons (Fsp3) is 0.467. The predicted octanol–water partition coefficient (Wildman–Crippen LogP) is 3.13. The Labute approximate surface area is 113 Å². The molecule has 1 aromatic carbocycles. The maximum absolute atomic E-state index is 11.8. The van der Waals surface area contributed by atoms with E-state index in [4.69, 9.17) is 9.47 Å². The summed E-state index contributed by atoms with van der Waals surface area (Å²) in [5.41, 5.74) is 1.60. The van der Waals surface area contributed by atoms with Crippen molar-refractivity contribution in [1.29, 1.82) is 0 Å². The van der Waals surface area contributed by atoms with Gasteiger partial charge in [0.1, 0.15) is 0 Å². The molecule has 0 atom stereocenters. The van der Waals surface area contributed by atoms with E-state index in [2.05, 4.69) is 0 Å². The molecule has 0 spiro atoms. The number of esters is 2. The predicted molar refractivity (Wildman–Crippen MR) is 72.3 cm³/mol. The number of aryl methyl sites for hydroxylation is 1. The number of carbonyl (C=O) groups is 2. The molecule has 4 nitrogen and oxygen atoms in total. The van der Waals surface area contributed by atoms with Gasteiger partial charge < -0.3 is 9.47 Å². The Morgan fingerprint density at radius 3 is 1.68 bits per heavy atom. The summed E-state index contributed by atoms with van der Waals surface area (Å²) < 4.78 is 10.1. The number of rotatable bonds is 6. The van der Waals surface area contributed by atoms with Crippen LogP contribution in [0, 0.1) is 6.92 Å². The Hall–Kier alpha value is -1.84. The second kappa shape index (κ2) is 7.56. The van der Waals surface area contributed by atoms with Gasteiger partial charge in [0.25, 0.3) is 0 Å². The van der Waals surface area contributed by atoms with E-state index in [-0.39, 0.29) is 0 Å². The maximum atomic E-state index is 11.8. The highest BCUT2D eigenvalue weighted by atomic mass is 16.5. The lowest BCUT2D eigenvalue weighted by atomic mass is 10.1. The van der Waals surface area contributed by atoms with Crippen LogP contribution < -0.4 is 0 Å². The zero-order valence-electron chi connectivity index (χ0n) is 11.7. The van der Waals surface area contributed by atoms with Crippen molar-refractivity contribution in [3.63, 3.8) is 0 Å². The highest BCUT2D eigenvalue weighted by Gasteiger charge is 2.13. The molecule has 0 aliphatic carbocycles. The Balaban J connectivity index is 2.87. The van der Waals surface area contributed by atoms with Crippen LogP contribution in [0.1, 0.15) is 53.0 Å². The van der Waals surface area contributed by atoms with Crippen molar-refractivity contribution in [2.45, 2.75) is 33.6 Å². The summed E-state index contributed by atoms with van der Waals surface area (Å²) in [6.45, 7) is 6.44. The molecule has 0 radical (unpaired) electrons. The molecule has 0 unspecified atom stereocenters. The first-order valence-corrected chi connectivity index (χ1v) is 6.54. The molecular weight excluding hydrogens is 244 g/mol. The minimum Gasteiger partial charge on any atom is -0.462 e. The topological polar surface area (TPSA) is 52.6 Å². The summed E-state index contributed by atoms with van der Waals surface area (Å²) in [6.07, 6.45) is 1.53. The molecule has 0 N–H and O–H groups in total. The zero-order chi connectivity index (χ0) is 14.3. The lowest BCUT2D eigenvalue weighted by molar-refractivity contribution is 0.0503. The Bertz CT molecular complexity index is 413. The number of carbonyl (C=O) groups excluding carboxylic acids is 2. The van der Waals surface area contributed by atoms with E-state index < -0.39 is 11.9 Å². The third-order valence-electron chi connectivity index (χ3n) is 2.42. The number of ether oxygens (including phenoxy) is 2. The molecule has 19 heavy (non-hydrogen) atoms. The van der Waals surface area contributed by atoms with Gasteiger partial charge in [0.15, 0.2) is 0 Å². The van der Waals surface area contributed by atoms with Crippen molar-refractivity contribution in [2.24, 2.45) is 0 Å². The van der Waals surface area contributed by atoms with Crippen molar-refractivity contribution in [3.8, 4) is 0 Å². The van der Waals surface area contributed by atoms with Gasteiger partial charge in [0.05, 0.1) is 24.3 Å². The van der Waals surface area contributed by atoms with Crippen molar-refractivity contribution in [3.05, 3.63) is 34.9 Å². The maximum Gasteiger partial charge on any atom is 0.338 e. The van der Waals surface area contributed by atoms with E-state index in [1.165, 1.54) is 6.07 Å². The molecule has 104 valence electrons. The standard InChI is InChI=1S/C15H20O4/c1-4-6-18-14(16)12-8-11(3)9-13(10-12)15(17)19-7-5-2/h8-10H,4-7H2,1-3H3. The van der Waals surface area contributed by atoms with Gasteiger partial charge in [0.2, 0.25) is 0 Å². The SMILES string of the molecule is CCCOC(=O)c1cc(C)cc(C(=O)OCCC)c1. The lowest BCUT2D eigenvalue weighted by Gasteiger charge is -2.07. The van der Waals surface area contributed by atoms with Crippen LogP contribution in [0.4, 0.5) is 0 Å². The Morgan fingerprint density at radius 1 is 0.895 bits per heavy atom. The van der Waals surface area contributed by atoms with Crippen molar-refractivity contribution in [1.82, 2.24) is 0 Å². The molecule has 4 heteroatoms. The number of benzene rings is 1. The molecular formula is C15H20O4. The van der Waals surface area contributed by atoms with Crippen molar-refractivity contribution in [2.75, 3.05) is 13.2 Å². The van der Waals surface area contributed by atoms with Gasteiger partial charge >= 0.3 is 11.9 Å². The third kappa shape index (κ3) is 4.73. The Kier molecular flexibility index (Phi) is 6.06. The van der Waals surface area contributed by atoms with Crippen LogP contribution in [0.25, 0.3) is 0 Å². The van der Waals surface area contributed by atoms with E-state index in [0.29, 0.717) is 24.3 Å². The van der Waals surface area contributed by atoms with Crippen LogP contribution in [-0.2, 0) is 9.47 Å². The van der Waals surface area contributed by atoms with Crippen molar-refractivity contribution >= 4 is 11.9 Å². The van der Waals surface area contributed by atoms with E-state index in [9.17, 15) is 9.59 Å². The van der Waals surface area contributed by atoms with Crippen LogP contribution in [-0.4, -0.2) is 25.2 Å². The minimum atomic E-state index is -0.407. The number of hydrogen-bond donors (Lipinski definition) is 0. The second-order valence-corrected chi connectivity index (χ2v) is 4.36. The van der Waals surface area contributed by atoms with Crippen LogP contribution >= 0.6 is 0 Å². The van der Waals surface area contributed by atoms with Crippen LogP contribution in [0.15, 0.2) is 18.2 Å². The van der Waals surface area contributed by atoms with E-state index in [1.807, 2.05) is 20.8 Å².